The minimum Gasteiger partial charge on any atom is -0.856 e. The van der Waals surface area contributed by atoms with Gasteiger partial charge in [0.05, 0.1) is 5.39 Å². The summed E-state index contributed by atoms with van der Waals surface area (Å²) in [5.74, 6) is -0.301. The topological polar surface area (TPSA) is 52.2 Å². The minimum atomic E-state index is -0.301. The fraction of sp³-hybridized carbons (Fsp3) is 0. The summed E-state index contributed by atoms with van der Waals surface area (Å²) in [6.07, 6.45) is 1.59. The van der Waals surface area contributed by atoms with Crippen LogP contribution in [0.3, 0.4) is 0 Å². The van der Waals surface area contributed by atoms with E-state index >= 15 is 0 Å². The van der Waals surface area contributed by atoms with Gasteiger partial charge in [0.15, 0.2) is 11.2 Å². The molecule has 4 rings (SSSR count). The van der Waals surface area contributed by atoms with Crippen molar-refractivity contribution in [3.05, 3.63) is 96.8 Å². The number of benzene rings is 3. The fourth-order valence-electron chi connectivity index (χ4n) is 2.76. The first-order valence-corrected chi connectivity index (χ1v) is 7.99. The van der Waals surface area contributed by atoms with Gasteiger partial charge < -0.3 is 5.11 Å². The Hall–Kier alpha value is -3.53. The maximum atomic E-state index is 12.4. The first-order valence-electron chi connectivity index (χ1n) is 7.99. The van der Waals surface area contributed by atoms with Crippen LogP contribution in [0.1, 0.15) is 5.56 Å². The molecule has 3 aromatic carbocycles. The molecule has 0 radical (unpaired) electrons. The van der Waals surface area contributed by atoms with Crippen LogP contribution in [0.15, 0.2) is 96.4 Å². The maximum absolute atomic E-state index is 12.4. The summed E-state index contributed by atoms with van der Waals surface area (Å²) in [7, 11) is 0. The lowest BCUT2D eigenvalue weighted by Gasteiger charge is -2.09. The lowest BCUT2D eigenvalue weighted by atomic mass is 10.1. The highest BCUT2D eigenvalue weighted by molar-refractivity contribution is 5.91. The Bertz CT molecular complexity index is 1040. The van der Waals surface area contributed by atoms with E-state index in [1.54, 1.807) is 18.5 Å². The van der Waals surface area contributed by atoms with Gasteiger partial charge in [0.1, 0.15) is 0 Å². The number of hydrogen-bond acceptors (Lipinski definition) is 3. The molecule has 0 atom stereocenters. The molecule has 4 aromatic rings. The fourth-order valence-corrected chi connectivity index (χ4v) is 2.76. The van der Waals surface area contributed by atoms with Crippen LogP contribution < -0.4 is 9.78 Å². The van der Waals surface area contributed by atoms with Crippen molar-refractivity contribution >= 4 is 16.8 Å². The first kappa shape index (κ1) is 15.0. The van der Waals surface area contributed by atoms with Crippen molar-refractivity contribution in [1.29, 1.82) is 0 Å². The first-order chi connectivity index (χ1) is 12.3. The van der Waals surface area contributed by atoms with E-state index < -0.39 is 0 Å². The zero-order valence-electron chi connectivity index (χ0n) is 13.4. The molecule has 0 bridgehead atoms. The molecule has 0 aliphatic rings. The molecule has 0 N–H and O–H groups in total. The second kappa shape index (κ2) is 6.53. The molecule has 25 heavy (non-hydrogen) atoms. The third-order valence-corrected chi connectivity index (χ3v) is 3.97. The van der Waals surface area contributed by atoms with E-state index in [0.29, 0.717) is 5.56 Å². The maximum Gasteiger partial charge on any atom is 0.312 e. The van der Waals surface area contributed by atoms with Crippen LogP contribution in [0.4, 0.5) is 0 Å². The average Bonchev–Trinajstić information content (AvgIpc) is 2.69. The van der Waals surface area contributed by atoms with Crippen molar-refractivity contribution in [2.45, 2.75) is 0 Å². The van der Waals surface area contributed by atoms with Gasteiger partial charge in [-0.2, -0.15) is 0 Å². The van der Waals surface area contributed by atoms with E-state index in [-0.39, 0.29) is 5.90 Å². The molecule has 0 aliphatic heterocycles. The average molecular weight is 325 g/mol. The summed E-state index contributed by atoms with van der Waals surface area (Å²) < 4.78 is 1.54. The van der Waals surface area contributed by atoms with Crippen molar-refractivity contribution in [3.8, 4) is 11.3 Å². The molecule has 0 spiro atoms. The zero-order valence-corrected chi connectivity index (χ0v) is 13.4. The Labute approximate surface area is 145 Å². The summed E-state index contributed by atoms with van der Waals surface area (Å²) in [6.45, 7) is 0. The lowest BCUT2D eigenvalue weighted by Crippen LogP contribution is -2.35. The van der Waals surface area contributed by atoms with Crippen molar-refractivity contribution in [3.63, 3.8) is 0 Å². The zero-order chi connectivity index (χ0) is 17.1. The SMILES string of the molecule is [O-]/C(=N\[n+]1cnc(-c2ccccc2)c2ccccc21)c1ccccc1. The van der Waals surface area contributed by atoms with Gasteiger partial charge in [-0.15, -0.1) is 4.68 Å². The van der Waals surface area contributed by atoms with E-state index in [9.17, 15) is 5.11 Å². The molecule has 120 valence electrons. The minimum absolute atomic E-state index is 0.301. The highest BCUT2D eigenvalue weighted by atomic mass is 16.3. The largest absolute Gasteiger partial charge is 0.856 e. The normalized spacial score (nSPS) is 11.6. The van der Waals surface area contributed by atoms with Gasteiger partial charge in [0.2, 0.25) is 0 Å². The van der Waals surface area contributed by atoms with Gasteiger partial charge in [-0.1, -0.05) is 77.9 Å². The molecule has 4 heteroatoms. The monoisotopic (exact) mass is 325 g/mol. The Morgan fingerprint density at radius 1 is 0.800 bits per heavy atom. The van der Waals surface area contributed by atoms with E-state index in [1.165, 1.54) is 4.68 Å². The standard InChI is InChI=1S/C21H15N3O/c25-21(17-11-5-2-6-12-17)23-24-15-22-20(16-9-3-1-4-10-16)18-13-7-8-14-19(18)24/h1-15H. The summed E-state index contributed by atoms with van der Waals surface area (Å²) >= 11 is 0. The van der Waals surface area contributed by atoms with Crippen LogP contribution in [-0.2, 0) is 0 Å². The van der Waals surface area contributed by atoms with Crippen LogP contribution in [-0.4, -0.2) is 10.9 Å². The van der Waals surface area contributed by atoms with E-state index in [1.807, 2.05) is 72.8 Å². The van der Waals surface area contributed by atoms with Crippen molar-refractivity contribution < 1.29 is 9.78 Å². The summed E-state index contributed by atoms with van der Waals surface area (Å²) in [5.41, 5.74) is 3.28. The number of para-hydroxylation sites is 1. The van der Waals surface area contributed by atoms with Gasteiger partial charge in [-0.3, -0.25) is 0 Å². The molecule has 0 saturated carbocycles. The highest BCUT2D eigenvalue weighted by Crippen LogP contribution is 2.23. The summed E-state index contributed by atoms with van der Waals surface area (Å²) in [4.78, 5) is 4.54. The molecular formula is C21H15N3O. The van der Waals surface area contributed by atoms with Gasteiger partial charge in [-0.05, 0) is 22.7 Å². The number of rotatable bonds is 3. The van der Waals surface area contributed by atoms with Crippen molar-refractivity contribution in [2.24, 2.45) is 5.10 Å². The Kier molecular flexibility index (Phi) is 3.92. The third kappa shape index (κ3) is 2.97. The molecule has 1 heterocycles. The van der Waals surface area contributed by atoms with Crippen molar-refractivity contribution in [2.75, 3.05) is 0 Å². The second-order valence-corrected chi connectivity index (χ2v) is 5.59. The van der Waals surface area contributed by atoms with E-state index in [2.05, 4.69) is 10.1 Å². The Morgan fingerprint density at radius 2 is 1.44 bits per heavy atom. The smallest absolute Gasteiger partial charge is 0.312 e. The Morgan fingerprint density at radius 3 is 2.20 bits per heavy atom. The Balaban J connectivity index is 1.87. The number of nitrogens with zero attached hydrogens (tertiary/aromatic N) is 3. The lowest BCUT2D eigenvalue weighted by molar-refractivity contribution is -0.658. The van der Waals surface area contributed by atoms with Crippen LogP contribution in [0.2, 0.25) is 0 Å². The number of aromatic nitrogens is 2. The van der Waals surface area contributed by atoms with Crippen molar-refractivity contribution in [1.82, 2.24) is 4.98 Å². The van der Waals surface area contributed by atoms with Crippen LogP contribution in [0.25, 0.3) is 22.2 Å². The molecule has 1 aromatic heterocycles. The quantitative estimate of drug-likeness (QED) is 0.330. The van der Waals surface area contributed by atoms with Crippen LogP contribution in [0.5, 0.6) is 0 Å². The van der Waals surface area contributed by atoms with Gasteiger partial charge in [0, 0.05) is 11.5 Å². The van der Waals surface area contributed by atoms with E-state index in [0.717, 1.165) is 22.2 Å². The summed E-state index contributed by atoms with van der Waals surface area (Å²) in [5, 5.41) is 17.6. The van der Waals surface area contributed by atoms with E-state index in [4.69, 9.17) is 0 Å². The molecule has 0 aliphatic carbocycles. The number of fused-ring (bicyclic) bond motifs is 1. The molecule has 0 fully saturated rings. The predicted molar refractivity (Wildman–Crippen MR) is 95.8 cm³/mol. The second-order valence-electron chi connectivity index (χ2n) is 5.59. The van der Waals surface area contributed by atoms with Crippen LogP contribution in [0, 0.1) is 0 Å². The summed E-state index contributed by atoms with van der Waals surface area (Å²) in [6, 6.07) is 26.8. The molecule has 0 saturated heterocycles. The van der Waals surface area contributed by atoms with Gasteiger partial charge in [0.25, 0.3) is 0 Å². The van der Waals surface area contributed by atoms with Crippen LogP contribution >= 0.6 is 0 Å². The third-order valence-electron chi connectivity index (χ3n) is 3.97. The molecule has 0 amide bonds. The van der Waals surface area contributed by atoms with Gasteiger partial charge >= 0.3 is 6.33 Å². The van der Waals surface area contributed by atoms with Gasteiger partial charge in [-0.25, -0.2) is 0 Å². The predicted octanol–water partition coefficient (Wildman–Crippen LogP) is 2.76. The molecule has 0 unspecified atom stereocenters. The molecule has 4 nitrogen and oxygen atoms in total. The highest BCUT2D eigenvalue weighted by Gasteiger charge is 2.15. The molecular weight excluding hydrogens is 310 g/mol. The number of hydrogen-bond donors (Lipinski definition) is 0.